The molecule has 0 bridgehead atoms. The zero-order chi connectivity index (χ0) is 23.4. The molecule has 10 heteroatoms. The number of methoxy groups -OCH3 is 1. The van der Waals surface area contributed by atoms with Crippen LogP contribution in [0, 0.1) is 11.7 Å². The lowest BCUT2D eigenvalue weighted by atomic mass is 9.98. The van der Waals surface area contributed by atoms with Crippen molar-refractivity contribution in [2.75, 3.05) is 56.7 Å². The average molecular weight is 478 g/mol. The number of amides is 1. The lowest BCUT2D eigenvalue weighted by molar-refractivity contribution is -0.120. The third kappa shape index (κ3) is 5.29. The van der Waals surface area contributed by atoms with Crippen LogP contribution in [0.3, 0.4) is 0 Å². The molecule has 2 saturated heterocycles. The number of benzene rings is 2. The van der Waals surface area contributed by atoms with E-state index < -0.39 is 21.8 Å². The van der Waals surface area contributed by atoms with Crippen molar-refractivity contribution in [3.8, 4) is 5.75 Å². The van der Waals surface area contributed by atoms with E-state index >= 15 is 0 Å². The summed E-state index contributed by atoms with van der Waals surface area (Å²) in [7, 11) is -2.22. The Morgan fingerprint density at radius 3 is 2.52 bits per heavy atom. The molecule has 2 aromatic rings. The van der Waals surface area contributed by atoms with Crippen molar-refractivity contribution < 1.29 is 27.1 Å². The van der Waals surface area contributed by atoms with E-state index in [1.54, 1.807) is 24.3 Å². The summed E-state index contributed by atoms with van der Waals surface area (Å²) in [6.07, 6.45) is 1.13. The first-order chi connectivity index (χ1) is 15.9. The molecule has 1 unspecified atom stereocenters. The molecule has 2 fully saturated rings. The monoisotopic (exact) mass is 477 g/mol. The predicted molar refractivity (Wildman–Crippen MR) is 123 cm³/mol. The summed E-state index contributed by atoms with van der Waals surface area (Å²) >= 11 is 0. The number of sulfonamides is 1. The van der Waals surface area contributed by atoms with E-state index in [-0.39, 0.29) is 17.3 Å². The second kappa shape index (κ2) is 10.1. The molecular weight excluding hydrogens is 449 g/mol. The van der Waals surface area contributed by atoms with E-state index in [0.29, 0.717) is 62.8 Å². The van der Waals surface area contributed by atoms with Crippen LogP contribution >= 0.6 is 0 Å². The first-order valence-electron chi connectivity index (χ1n) is 11.0. The lowest BCUT2D eigenvalue weighted by Gasteiger charge is -2.31. The largest absolute Gasteiger partial charge is 0.497 e. The maximum absolute atomic E-state index is 14.7. The minimum atomic E-state index is -3.73. The quantitative estimate of drug-likeness (QED) is 0.688. The van der Waals surface area contributed by atoms with Gasteiger partial charge in [-0.25, -0.2) is 12.8 Å². The van der Waals surface area contributed by atoms with Crippen LogP contribution in [0.15, 0.2) is 47.4 Å². The molecule has 0 radical (unpaired) electrons. The first kappa shape index (κ1) is 23.5. The summed E-state index contributed by atoms with van der Waals surface area (Å²) in [5, 5.41) is 2.75. The maximum Gasteiger partial charge on any atom is 0.243 e. The van der Waals surface area contributed by atoms with Crippen LogP contribution in [-0.4, -0.2) is 65.1 Å². The van der Waals surface area contributed by atoms with Gasteiger partial charge in [0.1, 0.15) is 11.6 Å². The van der Waals surface area contributed by atoms with E-state index in [1.807, 2.05) is 4.90 Å². The van der Waals surface area contributed by atoms with Crippen molar-refractivity contribution in [2.24, 2.45) is 5.92 Å². The fourth-order valence-electron chi connectivity index (χ4n) is 4.16. The van der Waals surface area contributed by atoms with Crippen molar-refractivity contribution in [2.45, 2.75) is 17.7 Å². The summed E-state index contributed by atoms with van der Waals surface area (Å²) in [5.74, 6) is -0.685. The zero-order valence-electron chi connectivity index (χ0n) is 18.5. The molecule has 33 heavy (non-hydrogen) atoms. The predicted octanol–water partition coefficient (Wildman–Crippen LogP) is 2.71. The van der Waals surface area contributed by atoms with Crippen LogP contribution in [0.2, 0.25) is 0 Å². The Morgan fingerprint density at radius 2 is 1.85 bits per heavy atom. The van der Waals surface area contributed by atoms with Gasteiger partial charge in [-0.3, -0.25) is 4.79 Å². The molecule has 1 atom stereocenters. The number of carbonyl (C=O) groups excluding carboxylic acids is 1. The van der Waals surface area contributed by atoms with Gasteiger partial charge in [0.05, 0.1) is 36.8 Å². The van der Waals surface area contributed by atoms with Crippen molar-refractivity contribution in [3.05, 3.63) is 48.3 Å². The number of morpholine rings is 1. The number of rotatable bonds is 6. The number of ether oxygens (including phenoxy) is 2. The minimum absolute atomic E-state index is 0.0779. The van der Waals surface area contributed by atoms with Gasteiger partial charge in [0, 0.05) is 31.9 Å². The number of hydrogen-bond acceptors (Lipinski definition) is 6. The molecule has 2 aliphatic heterocycles. The highest BCUT2D eigenvalue weighted by atomic mass is 32.2. The summed E-state index contributed by atoms with van der Waals surface area (Å²) < 4.78 is 52.5. The van der Waals surface area contributed by atoms with Gasteiger partial charge < -0.3 is 19.7 Å². The van der Waals surface area contributed by atoms with Gasteiger partial charge in [-0.15, -0.1) is 0 Å². The van der Waals surface area contributed by atoms with Gasteiger partial charge in [-0.05, 0) is 55.3 Å². The van der Waals surface area contributed by atoms with Crippen molar-refractivity contribution >= 4 is 27.3 Å². The number of anilines is 2. The van der Waals surface area contributed by atoms with Gasteiger partial charge in [-0.1, -0.05) is 0 Å². The SMILES string of the molecule is COc1ccc(S(=O)(=O)N2CCCC(C(=O)Nc3ccc(N4CCOCC4)c(F)c3)C2)cc1. The van der Waals surface area contributed by atoms with E-state index in [2.05, 4.69) is 5.32 Å². The van der Waals surface area contributed by atoms with Gasteiger partial charge in [0.25, 0.3) is 0 Å². The summed E-state index contributed by atoms with van der Waals surface area (Å²) in [6.45, 7) is 2.76. The summed E-state index contributed by atoms with van der Waals surface area (Å²) in [4.78, 5) is 14.9. The van der Waals surface area contributed by atoms with Crippen molar-refractivity contribution in [1.29, 1.82) is 0 Å². The standard InChI is InChI=1S/C23H28FN3O5S/c1-31-19-5-7-20(8-6-19)33(29,30)27-10-2-3-17(16-27)23(28)25-18-4-9-22(21(24)15-18)26-11-13-32-14-12-26/h4-9,15,17H,2-3,10-14,16H2,1H3,(H,25,28). The molecule has 2 heterocycles. The molecule has 1 N–H and O–H groups in total. The van der Waals surface area contributed by atoms with E-state index in [1.165, 1.54) is 29.6 Å². The zero-order valence-corrected chi connectivity index (χ0v) is 19.3. The Morgan fingerprint density at radius 1 is 1.12 bits per heavy atom. The van der Waals surface area contributed by atoms with E-state index in [4.69, 9.17) is 9.47 Å². The number of carbonyl (C=O) groups is 1. The van der Waals surface area contributed by atoms with Gasteiger partial charge in [-0.2, -0.15) is 4.31 Å². The molecule has 0 aromatic heterocycles. The smallest absolute Gasteiger partial charge is 0.243 e. The van der Waals surface area contributed by atoms with Crippen LogP contribution in [-0.2, 0) is 19.6 Å². The second-order valence-electron chi connectivity index (χ2n) is 8.13. The maximum atomic E-state index is 14.7. The molecule has 2 aliphatic rings. The highest BCUT2D eigenvalue weighted by Crippen LogP contribution is 2.27. The van der Waals surface area contributed by atoms with Crippen LogP contribution in [0.25, 0.3) is 0 Å². The third-order valence-electron chi connectivity index (χ3n) is 6.02. The van der Waals surface area contributed by atoms with Gasteiger partial charge in [0.2, 0.25) is 15.9 Å². The van der Waals surface area contributed by atoms with Crippen molar-refractivity contribution in [1.82, 2.24) is 4.31 Å². The first-order valence-corrected chi connectivity index (χ1v) is 12.4. The number of halogens is 1. The molecule has 4 rings (SSSR count). The molecule has 178 valence electrons. The van der Waals surface area contributed by atoms with Gasteiger partial charge in [0.15, 0.2) is 0 Å². The molecule has 0 aliphatic carbocycles. The topological polar surface area (TPSA) is 88.2 Å². The van der Waals surface area contributed by atoms with E-state index in [9.17, 15) is 17.6 Å². The highest BCUT2D eigenvalue weighted by Gasteiger charge is 2.33. The molecule has 1 amide bonds. The fourth-order valence-corrected chi connectivity index (χ4v) is 5.69. The van der Waals surface area contributed by atoms with Crippen molar-refractivity contribution in [3.63, 3.8) is 0 Å². The summed E-state index contributed by atoms with van der Waals surface area (Å²) in [5.41, 5.74) is 0.829. The minimum Gasteiger partial charge on any atom is -0.497 e. The third-order valence-corrected chi connectivity index (χ3v) is 7.90. The fraction of sp³-hybridized carbons (Fsp3) is 0.435. The van der Waals surface area contributed by atoms with E-state index in [0.717, 1.165) is 0 Å². The highest BCUT2D eigenvalue weighted by molar-refractivity contribution is 7.89. The Kier molecular flexibility index (Phi) is 7.16. The molecule has 8 nitrogen and oxygen atoms in total. The summed E-state index contributed by atoms with van der Waals surface area (Å²) in [6, 6.07) is 10.8. The average Bonchev–Trinajstić information content (AvgIpc) is 2.85. The molecular formula is C23H28FN3O5S. The van der Waals surface area contributed by atoms with Crippen LogP contribution < -0.4 is 15.0 Å². The molecule has 2 aromatic carbocycles. The van der Waals surface area contributed by atoms with Gasteiger partial charge >= 0.3 is 0 Å². The Hall–Kier alpha value is -2.69. The lowest BCUT2D eigenvalue weighted by Crippen LogP contribution is -2.43. The van der Waals surface area contributed by atoms with Crippen LogP contribution in [0.4, 0.5) is 15.8 Å². The number of nitrogens with zero attached hydrogens (tertiary/aromatic N) is 2. The van der Waals surface area contributed by atoms with Crippen LogP contribution in [0.5, 0.6) is 5.75 Å². The normalized spacial score (nSPS) is 19.8. The second-order valence-corrected chi connectivity index (χ2v) is 10.1. The number of hydrogen-bond donors (Lipinski definition) is 1. The molecule has 0 spiro atoms. The Labute approximate surface area is 193 Å². The number of nitrogens with one attached hydrogen (secondary N) is 1. The Balaban J connectivity index is 1.41. The van der Waals surface area contributed by atoms with Crippen LogP contribution in [0.1, 0.15) is 12.8 Å². The Bertz CT molecular complexity index is 1090. The number of piperidine rings is 1. The molecule has 0 saturated carbocycles.